The number of likely N-dealkylation sites (N-methyl/N-ethyl adjacent to an activating group) is 1. The fourth-order valence-electron chi connectivity index (χ4n) is 0.788. The molecule has 0 aromatic rings. The predicted molar refractivity (Wildman–Crippen MR) is 41.2 cm³/mol. The van der Waals surface area contributed by atoms with E-state index in [1.165, 1.54) is 0 Å². The summed E-state index contributed by atoms with van der Waals surface area (Å²) in [6.45, 7) is 1.57. The molecule has 0 N–H and O–H groups in total. The first kappa shape index (κ1) is 9.88. The average molecular weight is 147 g/mol. The van der Waals surface area contributed by atoms with E-state index in [0.717, 1.165) is 6.54 Å². The van der Waals surface area contributed by atoms with E-state index in [1.807, 2.05) is 14.1 Å². The molecule has 0 spiro atoms. The minimum Gasteiger partial charge on any atom is -0.382 e. The maximum Gasteiger partial charge on any atom is 0.0930 e. The van der Waals surface area contributed by atoms with Crippen LogP contribution in [0, 0.1) is 0 Å². The molecule has 0 heterocycles. The summed E-state index contributed by atoms with van der Waals surface area (Å²) in [5.41, 5.74) is 0. The summed E-state index contributed by atoms with van der Waals surface area (Å²) >= 11 is 0. The van der Waals surface area contributed by atoms with Gasteiger partial charge in [0.15, 0.2) is 0 Å². The topological polar surface area (TPSA) is 21.7 Å². The molecule has 0 fully saturated rings. The van der Waals surface area contributed by atoms with Crippen LogP contribution in [-0.2, 0) is 9.47 Å². The van der Waals surface area contributed by atoms with Gasteiger partial charge in [0.1, 0.15) is 0 Å². The Balaban J connectivity index is 3.39. The number of hydrogen-bond donors (Lipinski definition) is 0. The third-order valence-electron chi connectivity index (χ3n) is 1.25. The van der Waals surface area contributed by atoms with Gasteiger partial charge in [0.05, 0.1) is 12.7 Å². The van der Waals surface area contributed by atoms with E-state index in [1.54, 1.807) is 14.2 Å². The molecular weight excluding hydrogens is 130 g/mol. The van der Waals surface area contributed by atoms with E-state index in [4.69, 9.17) is 9.47 Å². The molecule has 0 aromatic heterocycles. The van der Waals surface area contributed by atoms with Crippen LogP contribution in [0.15, 0.2) is 0 Å². The van der Waals surface area contributed by atoms with Crippen molar-refractivity contribution < 1.29 is 9.47 Å². The van der Waals surface area contributed by atoms with Crippen molar-refractivity contribution in [1.29, 1.82) is 0 Å². The predicted octanol–water partition coefficient (Wildman–Crippen LogP) is 0.209. The van der Waals surface area contributed by atoms with Crippen LogP contribution in [0.4, 0.5) is 0 Å². The van der Waals surface area contributed by atoms with Crippen LogP contribution in [0.25, 0.3) is 0 Å². The zero-order valence-electron chi connectivity index (χ0n) is 7.26. The van der Waals surface area contributed by atoms with Crippen LogP contribution >= 0.6 is 0 Å². The minimum absolute atomic E-state index is 0.194. The lowest BCUT2D eigenvalue weighted by molar-refractivity contribution is 0.0142. The van der Waals surface area contributed by atoms with Gasteiger partial charge in [-0.2, -0.15) is 0 Å². The van der Waals surface area contributed by atoms with Crippen molar-refractivity contribution in [2.75, 3.05) is 41.5 Å². The van der Waals surface area contributed by atoms with Gasteiger partial charge < -0.3 is 14.4 Å². The van der Waals surface area contributed by atoms with Crippen LogP contribution in [0.2, 0.25) is 0 Å². The van der Waals surface area contributed by atoms with E-state index in [2.05, 4.69) is 4.90 Å². The number of hydrogen-bond acceptors (Lipinski definition) is 3. The number of ether oxygens (including phenoxy) is 2. The van der Waals surface area contributed by atoms with Crippen LogP contribution in [0.3, 0.4) is 0 Å². The van der Waals surface area contributed by atoms with Gasteiger partial charge in [-0.05, 0) is 14.1 Å². The fourth-order valence-corrected chi connectivity index (χ4v) is 0.788. The molecule has 0 rings (SSSR count). The highest BCUT2D eigenvalue weighted by atomic mass is 16.5. The second-order valence-corrected chi connectivity index (χ2v) is 2.58. The standard InChI is InChI=1S/C7H17NO2/c1-8(2)5-7(10-4)6-9-3/h7H,5-6H2,1-4H3/t7-/m1/s1. The van der Waals surface area contributed by atoms with E-state index in [-0.39, 0.29) is 6.10 Å². The molecule has 0 unspecified atom stereocenters. The lowest BCUT2D eigenvalue weighted by Crippen LogP contribution is -2.30. The van der Waals surface area contributed by atoms with Gasteiger partial charge >= 0.3 is 0 Å². The molecule has 3 heteroatoms. The van der Waals surface area contributed by atoms with Gasteiger partial charge in [0.2, 0.25) is 0 Å². The summed E-state index contributed by atoms with van der Waals surface area (Å²) in [7, 11) is 7.41. The molecule has 3 nitrogen and oxygen atoms in total. The highest BCUT2D eigenvalue weighted by Crippen LogP contribution is 1.91. The monoisotopic (exact) mass is 147 g/mol. The first-order chi connectivity index (χ1) is 4.70. The van der Waals surface area contributed by atoms with Crippen LogP contribution in [-0.4, -0.2) is 52.5 Å². The maximum absolute atomic E-state index is 5.13. The zero-order chi connectivity index (χ0) is 7.98. The van der Waals surface area contributed by atoms with Crippen molar-refractivity contribution >= 4 is 0 Å². The van der Waals surface area contributed by atoms with Crippen LogP contribution in [0.1, 0.15) is 0 Å². The van der Waals surface area contributed by atoms with E-state index < -0.39 is 0 Å². The molecule has 0 aromatic carbocycles. The Bertz CT molecular complexity index is 76.0. The van der Waals surface area contributed by atoms with Gasteiger partial charge in [-0.15, -0.1) is 0 Å². The van der Waals surface area contributed by atoms with E-state index >= 15 is 0 Å². The Hall–Kier alpha value is -0.120. The highest BCUT2D eigenvalue weighted by Gasteiger charge is 2.06. The van der Waals surface area contributed by atoms with Crippen molar-refractivity contribution in [2.45, 2.75) is 6.10 Å². The lowest BCUT2D eigenvalue weighted by Gasteiger charge is -2.18. The molecule has 0 radical (unpaired) electrons. The molecular formula is C7H17NO2. The Morgan fingerprint density at radius 2 is 1.90 bits per heavy atom. The molecule has 62 valence electrons. The fraction of sp³-hybridized carbons (Fsp3) is 1.00. The molecule has 0 bridgehead atoms. The molecule has 0 saturated carbocycles. The van der Waals surface area contributed by atoms with Crippen molar-refractivity contribution in [3.63, 3.8) is 0 Å². The van der Waals surface area contributed by atoms with Crippen molar-refractivity contribution in [3.05, 3.63) is 0 Å². The third kappa shape index (κ3) is 4.73. The first-order valence-electron chi connectivity index (χ1n) is 3.37. The second-order valence-electron chi connectivity index (χ2n) is 2.58. The van der Waals surface area contributed by atoms with Crippen molar-refractivity contribution in [1.82, 2.24) is 4.90 Å². The number of methoxy groups -OCH3 is 2. The lowest BCUT2D eigenvalue weighted by atomic mass is 10.3. The smallest absolute Gasteiger partial charge is 0.0930 e. The Kier molecular flexibility index (Phi) is 5.58. The molecule has 1 atom stereocenters. The van der Waals surface area contributed by atoms with E-state index in [0.29, 0.717) is 6.61 Å². The zero-order valence-corrected chi connectivity index (χ0v) is 7.26. The summed E-state index contributed by atoms with van der Waals surface area (Å²) in [5.74, 6) is 0. The molecule has 0 aliphatic rings. The summed E-state index contributed by atoms with van der Waals surface area (Å²) in [6, 6.07) is 0. The van der Waals surface area contributed by atoms with Crippen LogP contribution < -0.4 is 0 Å². The third-order valence-corrected chi connectivity index (χ3v) is 1.25. The summed E-state index contributed by atoms with van der Waals surface area (Å²) in [5, 5.41) is 0. The molecule has 0 saturated heterocycles. The molecule has 0 amide bonds. The van der Waals surface area contributed by atoms with Gasteiger partial charge in [0.25, 0.3) is 0 Å². The molecule has 0 aliphatic heterocycles. The SMILES string of the molecule is COC[C@@H](CN(C)C)OC. The van der Waals surface area contributed by atoms with Gasteiger partial charge in [-0.3, -0.25) is 0 Å². The largest absolute Gasteiger partial charge is 0.382 e. The minimum atomic E-state index is 0.194. The maximum atomic E-state index is 5.13. The molecule has 0 aliphatic carbocycles. The number of rotatable bonds is 5. The number of nitrogens with zero attached hydrogens (tertiary/aromatic N) is 1. The summed E-state index contributed by atoms with van der Waals surface area (Å²) < 4.78 is 10.1. The van der Waals surface area contributed by atoms with Crippen LogP contribution in [0.5, 0.6) is 0 Å². The Morgan fingerprint density at radius 3 is 2.20 bits per heavy atom. The van der Waals surface area contributed by atoms with Crippen molar-refractivity contribution in [3.8, 4) is 0 Å². The average Bonchev–Trinajstić information content (AvgIpc) is 1.86. The van der Waals surface area contributed by atoms with Gasteiger partial charge in [0, 0.05) is 20.8 Å². The first-order valence-corrected chi connectivity index (χ1v) is 3.37. The Labute approximate surface area is 62.9 Å². The second kappa shape index (κ2) is 5.65. The molecule has 10 heavy (non-hydrogen) atoms. The highest BCUT2D eigenvalue weighted by molar-refractivity contribution is 4.58. The Morgan fingerprint density at radius 1 is 1.30 bits per heavy atom. The summed E-state index contributed by atoms with van der Waals surface area (Å²) in [6.07, 6.45) is 0.194. The van der Waals surface area contributed by atoms with E-state index in [9.17, 15) is 0 Å². The van der Waals surface area contributed by atoms with Gasteiger partial charge in [-0.1, -0.05) is 0 Å². The quantitative estimate of drug-likeness (QED) is 0.555. The van der Waals surface area contributed by atoms with Gasteiger partial charge in [-0.25, -0.2) is 0 Å². The normalized spacial score (nSPS) is 14.1. The summed E-state index contributed by atoms with van der Waals surface area (Å²) in [4.78, 5) is 2.08. The van der Waals surface area contributed by atoms with Crippen molar-refractivity contribution in [2.24, 2.45) is 0 Å².